The van der Waals surface area contributed by atoms with Crippen molar-refractivity contribution < 1.29 is 4.92 Å². The molecule has 0 unspecified atom stereocenters. The Labute approximate surface area is 74.8 Å². The van der Waals surface area contributed by atoms with Crippen LogP contribution < -0.4 is 0 Å². The molecule has 0 aromatic carbocycles. The van der Waals surface area contributed by atoms with E-state index >= 15 is 0 Å². The Hall–Kier alpha value is -1.04. The Bertz CT molecular complexity index is 297. The molecule has 0 aliphatic carbocycles. The average Bonchev–Trinajstić information content (AvgIpc) is 2.32. The summed E-state index contributed by atoms with van der Waals surface area (Å²) in [5.74, 6) is 1.12. The van der Waals surface area contributed by atoms with Crippen LogP contribution in [-0.4, -0.2) is 20.6 Å². The van der Waals surface area contributed by atoms with Crippen LogP contribution in [0.25, 0.3) is 0 Å². The van der Waals surface area contributed by atoms with Crippen LogP contribution in [0.4, 0.5) is 5.82 Å². The number of nitrogens with one attached hydrogen (secondary N) is 1. The predicted molar refractivity (Wildman–Crippen MR) is 47.5 cm³/mol. The van der Waals surface area contributed by atoms with Crippen molar-refractivity contribution in [3.63, 3.8) is 0 Å². The van der Waals surface area contributed by atoms with Gasteiger partial charge in [-0.05, 0) is 10.7 Å². The number of hydrogen-bond acceptors (Lipinski definition) is 4. The van der Waals surface area contributed by atoms with Crippen molar-refractivity contribution >= 4 is 18.4 Å². The monoisotopic (exact) mass is 187 g/mol. The van der Waals surface area contributed by atoms with E-state index < -0.39 is 4.92 Å². The van der Waals surface area contributed by atoms with Gasteiger partial charge in [0.2, 0.25) is 0 Å². The number of thiol groups is 1. The maximum absolute atomic E-state index is 10.4. The molecule has 0 radical (unpaired) electrons. The second-order valence-corrected chi connectivity index (χ2v) is 2.80. The lowest BCUT2D eigenvalue weighted by molar-refractivity contribution is -0.390. The number of H-pyrrole nitrogens is 1. The van der Waals surface area contributed by atoms with Gasteiger partial charge in [0.25, 0.3) is 0 Å². The third kappa shape index (κ3) is 1.76. The van der Waals surface area contributed by atoms with Gasteiger partial charge in [-0.2, -0.15) is 12.6 Å². The molecular formula is C6H9N3O2S. The van der Waals surface area contributed by atoms with Crippen LogP contribution >= 0.6 is 12.6 Å². The van der Waals surface area contributed by atoms with E-state index in [1.54, 1.807) is 6.92 Å². The van der Waals surface area contributed by atoms with Gasteiger partial charge in [-0.1, -0.05) is 0 Å². The number of aromatic amines is 1. The highest BCUT2D eigenvalue weighted by molar-refractivity contribution is 7.80. The van der Waals surface area contributed by atoms with Gasteiger partial charge < -0.3 is 10.1 Å². The first-order valence-corrected chi connectivity index (χ1v) is 4.09. The van der Waals surface area contributed by atoms with Crippen molar-refractivity contribution in [3.8, 4) is 0 Å². The molecule has 0 bridgehead atoms. The van der Waals surface area contributed by atoms with Gasteiger partial charge in [-0.15, -0.1) is 0 Å². The van der Waals surface area contributed by atoms with Crippen LogP contribution in [0.2, 0.25) is 0 Å². The summed E-state index contributed by atoms with van der Waals surface area (Å²) in [7, 11) is 0. The van der Waals surface area contributed by atoms with Gasteiger partial charge in [0.1, 0.15) is 5.69 Å². The van der Waals surface area contributed by atoms with Gasteiger partial charge in [-0.3, -0.25) is 0 Å². The standard InChI is InChI=1S/C6H9N3O2S/c1-4-7-5(2-3-12)6(8-4)9(10)11/h12H,2-3H2,1H3,(H,7,8). The number of aromatic nitrogens is 2. The molecule has 0 amide bonds. The van der Waals surface area contributed by atoms with Crippen LogP contribution in [0.15, 0.2) is 0 Å². The number of rotatable bonds is 3. The maximum Gasteiger partial charge on any atom is 0.343 e. The molecular weight excluding hydrogens is 178 g/mol. The molecule has 1 aromatic rings. The third-order valence-corrected chi connectivity index (χ3v) is 1.63. The van der Waals surface area contributed by atoms with Crippen LogP contribution in [-0.2, 0) is 6.42 Å². The van der Waals surface area contributed by atoms with Gasteiger partial charge in [0.15, 0.2) is 5.82 Å². The van der Waals surface area contributed by atoms with Crippen molar-refractivity contribution in [2.75, 3.05) is 5.75 Å². The molecule has 66 valence electrons. The fourth-order valence-electron chi connectivity index (χ4n) is 0.958. The summed E-state index contributed by atoms with van der Waals surface area (Å²) in [6, 6.07) is 0. The fraction of sp³-hybridized carbons (Fsp3) is 0.500. The van der Waals surface area contributed by atoms with Crippen molar-refractivity contribution in [1.82, 2.24) is 9.97 Å². The largest absolute Gasteiger partial charge is 0.358 e. The molecule has 1 N–H and O–H groups in total. The number of aryl methyl sites for hydroxylation is 2. The molecule has 0 atom stereocenters. The second kappa shape index (κ2) is 3.57. The molecule has 12 heavy (non-hydrogen) atoms. The van der Waals surface area contributed by atoms with Crippen molar-refractivity contribution in [2.24, 2.45) is 0 Å². The van der Waals surface area contributed by atoms with E-state index in [1.807, 2.05) is 0 Å². The average molecular weight is 187 g/mol. The van der Waals surface area contributed by atoms with E-state index in [9.17, 15) is 10.1 Å². The van der Waals surface area contributed by atoms with Crippen LogP contribution in [0.5, 0.6) is 0 Å². The minimum absolute atomic E-state index is 0.0125. The van der Waals surface area contributed by atoms with E-state index in [-0.39, 0.29) is 5.82 Å². The lowest BCUT2D eigenvalue weighted by atomic mass is 10.3. The Morgan fingerprint density at radius 1 is 1.75 bits per heavy atom. The van der Waals surface area contributed by atoms with Crippen molar-refractivity contribution in [2.45, 2.75) is 13.3 Å². The first kappa shape index (κ1) is 9.05. The number of nitrogens with zero attached hydrogens (tertiary/aromatic N) is 2. The van der Waals surface area contributed by atoms with Gasteiger partial charge in [-0.25, -0.2) is 9.97 Å². The lowest BCUT2D eigenvalue weighted by Gasteiger charge is -1.92. The van der Waals surface area contributed by atoms with Gasteiger partial charge in [0.05, 0.1) is 0 Å². The normalized spacial score (nSPS) is 10.2. The molecule has 6 heteroatoms. The molecule has 0 saturated heterocycles. The summed E-state index contributed by atoms with van der Waals surface area (Å²) in [4.78, 5) is 16.5. The SMILES string of the molecule is Cc1nc(CCS)c([N+](=O)[O-])[nH]1. The molecule has 1 heterocycles. The third-order valence-electron chi connectivity index (χ3n) is 1.41. The maximum atomic E-state index is 10.4. The highest BCUT2D eigenvalue weighted by Crippen LogP contribution is 2.15. The Morgan fingerprint density at radius 2 is 2.42 bits per heavy atom. The summed E-state index contributed by atoms with van der Waals surface area (Å²) in [6.45, 7) is 1.69. The minimum Gasteiger partial charge on any atom is -0.358 e. The van der Waals surface area contributed by atoms with Gasteiger partial charge in [0, 0.05) is 13.3 Å². The highest BCUT2D eigenvalue weighted by Gasteiger charge is 2.16. The molecule has 0 aliphatic heterocycles. The van der Waals surface area contributed by atoms with E-state index in [4.69, 9.17) is 0 Å². The first-order valence-electron chi connectivity index (χ1n) is 3.46. The highest BCUT2D eigenvalue weighted by atomic mass is 32.1. The summed E-state index contributed by atoms with van der Waals surface area (Å²) in [5, 5.41) is 10.4. The van der Waals surface area contributed by atoms with Crippen molar-refractivity contribution in [3.05, 3.63) is 21.6 Å². The van der Waals surface area contributed by atoms with Crippen LogP contribution in [0, 0.1) is 17.0 Å². The fourth-order valence-corrected chi connectivity index (χ4v) is 1.17. The summed E-state index contributed by atoms with van der Waals surface area (Å²) < 4.78 is 0. The topological polar surface area (TPSA) is 71.8 Å². The zero-order valence-electron chi connectivity index (χ0n) is 6.57. The number of nitro groups is 1. The van der Waals surface area contributed by atoms with E-state index in [0.717, 1.165) is 0 Å². The molecule has 0 spiro atoms. The zero-order valence-corrected chi connectivity index (χ0v) is 7.47. The molecule has 1 rings (SSSR count). The molecule has 0 aliphatic rings. The minimum atomic E-state index is -0.460. The van der Waals surface area contributed by atoms with Crippen molar-refractivity contribution in [1.29, 1.82) is 0 Å². The van der Waals surface area contributed by atoms with Gasteiger partial charge >= 0.3 is 5.82 Å². The van der Waals surface area contributed by atoms with Crippen LogP contribution in [0.1, 0.15) is 11.5 Å². The summed E-state index contributed by atoms with van der Waals surface area (Å²) >= 11 is 3.98. The van der Waals surface area contributed by atoms with Crippen LogP contribution in [0.3, 0.4) is 0 Å². The summed E-state index contributed by atoms with van der Waals surface area (Å²) in [6.07, 6.45) is 0.518. The molecule has 0 fully saturated rings. The molecule has 5 nitrogen and oxygen atoms in total. The second-order valence-electron chi connectivity index (χ2n) is 2.35. The Balaban J connectivity index is 2.99. The zero-order chi connectivity index (χ0) is 9.14. The number of imidazole rings is 1. The lowest BCUT2D eigenvalue weighted by Crippen LogP contribution is -1.95. The Morgan fingerprint density at radius 3 is 2.92 bits per heavy atom. The quantitative estimate of drug-likeness (QED) is 0.423. The smallest absolute Gasteiger partial charge is 0.343 e. The molecule has 0 saturated carbocycles. The van der Waals surface area contributed by atoms with E-state index in [2.05, 4.69) is 22.6 Å². The van der Waals surface area contributed by atoms with E-state index in [0.29, 0.717) is 23.7 Å². The number of hydrogen-bond donors (Lipinski definition) is 2. The summed E-state index contributed by atoms with van der Waals surface area (Å²) in [5.41, 5.74) is 0.479. The van der Waals surface area contributed by atoms with E-state index in [1.165, 1.54) is 0 Å². The molecule has 1 aromatic heterocycles. The Kier molecular flexibility index (Phi) is 2.69. The first-order chi connectivity index (χ1) is 5.65. The predicted octanol–water partition coefficient (Wildman–Crippen LogP) is 1.10.